The zero-order chi connectivity index (χ0) is 15.9. The van der Waals surface area contributed by atoms with Gasteiger partial charge in [-0.3, -0.25) is 4.79 Å². The average Bonchev–Trinajstić information content (AvgIpc) is 2.53. The number of unbranched alkanes of at least 4 members (excludes halogenated alkanes) is 1. The first-order valence-electron chi connectivity index (χ1n) is 8.18. The highest BCUT2D eigenvalue weighted by Crippen LogP contribution is 2.17. The van der Waals surface area contributed by atoms with Crippen LogP contribution in [0.1, 0.15) is 43.5 Å². The lowest BCUT2D eigenvalue weighted by atomic mass is 10.1. The largest absolute Gasteiger partial charge is 0.320 e. The summed E-state index contributed by atoms with van der Waals surface area (Å²) in [4.78, 5) is 12.2. The maximum atomic E-state index is 12.2. The molecule has 1 heterocycles. The Morgan fingerprint density at radius 2 is 1.91 bits per heavy atom. The van der Waals surface area contributed by atoms with Crippen molar-refractivity contribution in [3.63, 3.8) is 0 Å². The van der Waals surface area contributed by atoms with E-state index in [1.807, 2.05) is 19.2 Å². The second-order valence-corrected chi connectivity index (χ2v) is 5.69. The molecule has 0 aliphatic rings. The van der Waals surface area contributed by atoms with E-state index < -0.39 is 0 Å². The number of hydrogen-bond donors (Lipinski definition) is 1. The minimum Gasteiger partial charge on any atom is -0.320 e. The molecule has 1 N–H and O–H groups in total. The molecule has 0 aliphatic heterocycles. The van der Waals surface area contributed by atoms with Crippen LogP contribution in [0.5, 0.6) is 0 Å². The molecule has 118 valence electrons. The normalized spacial score (nSPS) is 10.9. The van der Waals surface area contributed by atoms with Crippen molar-refractivity contribution in [2.75, 3.05) is 6.54 Å². The van der Waals surface area contributed by atoms with Crippen molar-refractivity contribution >= 4 is 0 Å². The Bertz CT molecular complexity index is 673. The monoisotopic (exact) mass is 298 g/mol. The third-order valence-electron chi connectivity index (χ3n) is 3.98. The van der Waals surface area contributed by atoms with Gasteiger partial charge in [-0.2, -0.15) is 0 Å². The van der Waals surface area contributed by atoms with Crippen LogP contribution in [0.3, 0.4) is 0 Å². The number of para-hydroxylation sites is 1. The molecular formula is C19H26N2O. The molecule has 0 saturated carbocycles. The Hall–Kier alpha value is -1.87. The topological polar surface area (TPSA) is 34.0 Å². The van der Waals surface area contributed by atoms with Gasteiger partial charge in [0.1, 0.15) is 0 Å². The van der Waals surface area contributed by atoms with Crippen LogP contribution in [0.2, 0.25) is 0 Å². The number of aromatic nitrogens is 1. The molecule has 3 nitrogen and oxygen atoms in total. The molecule has 0 spiro atoms. The van der Waals surface area contributed by atoms with E-state index in [2.05, 4.69) is 41.9 Å². The lowest BCUT2D eigenvalue weighted by molar-refractivity contribution is 0.636. The molecule has 0 unspecified atom stereocenters. The van der Waals surface area contributed by atoms with Gasteiger partial charge in [-0.25, -0.2) is 0 Å². The van der Waals surface area contributed by atoms with E-state index >= 15 is 0 Å². The summed E-state index contributed by atoms with van der Waals surface area (Å²) in [6.07, 6.45) is 5.27. The predicted molar refractivity (Wildman–Crippen MR) is 92.8 cm³/mol. The maximum absolute atomic E-state index is 12.2. The first-order chi connectivity index (χ1) is 10.7. The summed E-state index contributed by atoms with van der Waals surface area (Å²) in [7, 11) is 0. The Morgan fingerprint density at radius 1 is 1.14 bits per heavy atom. The summed E-state index contributed by atoms with van der Waals surface area (Å²) >= 11 is 0. The lowest BCUT2D eigenvalue weighted by Gasteiger charge is -2.16. The zero-order valence-corrected chi connectivity index (χ0v) is 13.9. The van der Waals surface area contributed by atoms with Crippen molar-refractivity contribution in [2.45, 2.75) is 46.6 Å². The fourth-order valence-corrected chi connectivity index (χ4v) is 2.64. The van der Waals surface area contributed by atoms with Crippen LogP contribution in [0.4, 0.5) is 0 Å². The van der Waals surface area contributed by atoms with Crippen LogP contribution >= 0.6 is 0 Å². The summed E-state index contributed by atoms with van der Waals surface area (Å²) < 4.78 is 2.14. The van der Waals surface area contributed by atoms with E-state index in [1.165, 1.54) is 5.56 Å². The Kier molecular flexibility index (Phi) is 5.96. The molecule has 0 atom stereocenters. The molecular weight excluding hydrogens is 272 g/mol. The predicted octanol–water partition coefficient (Wildman–Crippen LogP) is 3.60. The Labute approximate surface area is 133 Å². The molecule has 0 saturated heterocycles. The van der Waals surface area contributed by atoms with Gasteiger partial charge < -0.3 is 9.88 Å². The molecule has 3 heteroatoms. The summed E-state index contributed by atoms with van der Waals surface area (Å²) in [5.41, 5.74) is 4.37. The molecule has 0 bridgehead atoms. The highest BCUT2D eigenvalue weighted by molar-refractivity contribution is 5.43. The Morgan fingerprint density at radius 3 is 2.64 bits per heavy atom. The van der Waals surface area contributed by atoms with E-state index in [9.17, 15) is 4.79 Å². The van der Waals surface area contributed by atoms with Gasteiger partial charge in [0.15, 0.2) is 5.43 Å². The first-order valence-corrected chi connectivity index (χ1v) is 8.18. The number of nitrogens with zero attached hydrogens (tertiary/aromatic N) is 1. The minimum absolute atomic E-state index is 0.117. The first kappa shape index (κ1) is 16.5. The number of nitrogens with one attached hydrogen (secondary N) is 1. The molecule has 0 amide bonds. The highest BCUT2D eigenvalue weighted by Gasteiger charge is 2.08. The van der Waals surface area contributed by atoms with E-state index in [0.717, 1.165) is 42.8 Å². The zero-order valence-electron chi connectivity index (χ0n) is 13.9. The van der Waals surface area contributed by atoms with Gasteiger partial charge in [0.2, 0.25) is 0 Å². The van der Waals surface area contributed by atoms with Crippen LogP contribution in [0.15, 0.2) is 41.3 Å². The molecule has 0 aliphatic carbocycles. The van der Waals surface area contributed by atoms with Gasteiger partial charge in [-0.15, -0.1) is 0 Å². The molecule has 1 aromatic carbocycles. The van der Waals surface area contributed by atoms with Crippen molar-refractivity contribution in [3.05, 3.63) is 63.6 Å². The van der Waals surface area contributed by atoms with Gasteiger partial charge >= 0.3 is 0 Å². The Balaban J connectivity index is 2.34. The quantitative estimate of drug-likeness (QED) is 0.793. The van der Waals surface area contributed by atoms with Crippen molar-refractivity contribution in [2.24, 2.45) is 0 Å². The van der Waals surface area contributed by atoms with E-state index in [1.54, 1.807) is 6.07 Å². The summed E-state index contributed by atoms with van der Waals surface area (Å²) in [5.74, 6) is 0. The molecule has 0 fully saturated rings. The smallest absolute Gasteiger partial charge is 0.186 e. The fourth-order valence-electron chi connectivity index (χ4n) is 2.64. The standard InChI is InChI=1S/C19H26N2O/c1-4-6-11-20-13-17-14-21(15(3)12-19(17)22)18-10-8-7-9-16(18)5-2/h7-10,12,14,20H,4-6,11,13H2,1-3H3. The minimum atomic E-state index is 0.117. The van der Waals surface area contributed by atoms with E-state index in [0.29, 0.717) is 6.54 Å². The third kappa shape index (κ3) is 3.86. The van der Waals surface area contributed by atoms with E-state index in [-0.39, 0.29) is 5.43 Å². The third-order valence-corrected chi connectivity index (χ3v) is 3.98. The number of pyridine rings is 1. The van der Waals surface area contributed by atoms with E-state index in [4.69, 9.17) is 0 Å². The van der Waals surface area contributed by atoms with Crippen LogP contribution in [0.25, 0.3) is 5.69 Å². The van der Waals surface area contributed by atoms with Crippen LogP contribution in [0, 0.1) is 6.92 Å². The van der Waals surface area contributed by atoms with Crippen LogP contribution in [-0.4, -0.2) is 11.1 Å². The molecule has 22 heavy (non-hydrogen) atoms. The number of benzene rings is 1. The maximum Gasteiger partial charge on any atom is 0.186 e. The van der Waals surface area contributed by atoms with Gasteiger partial charge in [-0.1, -0.05) is 38.5 Å². The molecule has 1 aromatic heterocycles. The van der Waals surface area contributed by atoms with Crippen molar-refractivity contribution < 1.29 is 0 Å². The lowest BCUT2D eigenvalue weighted by Crippen LogP contribution is -2.22. The highest BCUT2D eigenvalue weighted by atomic mass is 16.1. The second-order valence-electron chi connectivity index (χ2n) is 5.69. The van der Waals surface area contributed by atoms with Crippen molar-refractivity contribution in [3.8, 4) is 5.69 Å². The van der Waals surface area contributed by atoms with Gasteiger partial charge in [0, 0.05) is 35.8 Å². The summed E-state index contributed by atoms with van der Waals surface area (Å²) in [6.45, 7) is 7.90. The van der Waals surface area contributed by atoms with Crippen molar-refractivity contribution in [1.29, 1.82) is 0 Å². The number of hydrogen-bond acceptors (Lipinski definition) is 2. The number of rotatable bonds is 7. The van der Waals surface area contributed by atoms with Gasteiger partial charge in [-0.05, 0) is 37.9 Å². The molecule has 2 rings (SSSR count). The molecule has 0 radical (unpaired) electrons. The molecule has 2 aromatic rings. The van der Waals surface area contributed by atoms with Gasteiger partial charge in [0.05, 0.1) is 0 Å². The second kappa shape index (κ2) is 7.95. The fraction of sp³-hybridized carbons (Fsp3) is 0.421. The van der Waals surface area contributed by atoms with Gasteiger partial charge in [0.25, 0.3) is 0 Å². The van der Waals surface area contributed by atoms with Crippen molar-refractivity contribution in [1.82, 2.24) is 9.88 Å². The van der Waals surface area contributed by atoms with Crippen LogP contribution < -0.4 is 10.7 Å². The average molecular weight is 298 g/mol. The summed E-state index contributed by atoms with van der Waals surface area (Å²) in [5, 5.41) is 3.36. The number of aryl methyl sites for hydroxylation is 2. The SMILES string of the molecule is CCCCNCc1cn(-c2ccccc2CC)c(C)cc1=O. The summed E-state index contributed by atoms with van der Waals surface area (Å²) in [6, 6.07) is 10.1. The van der Waals surface area contributed by atoms with Crippen LogP contribution in [-0.2, 0) is 13.0 Å².